The summed E-state index contributed by atoms with van der Waals surface area (Å²) < 4.78 is 0. The van der Waals surface area contributed by atoms with E-state index in [9.17, 15) is 0 Å². The van der Waals surface area contributed by atoms with Crippen molar-refractivity contribution in [2.24, 2.45) is 4.99 Å². The van der Waals surface area contributed by atoms with Crippen LogP contribution in [0.4, 0.5) is 0 Å². The van der Waals surface area contributed by atoms with Gasteiger partial charge in [-0.2, -0.15) is 0 Å². The molecule has 1 aromatic rings. The van der Waals surface area contributed by atoms with E-state index in [1.807, 2.05) is 19.2 Å². The van der Waals surface area contributed by atoms with Gasteiger partial charge < -0.3 is 15.5 Å². The van der Waals surface area contributed by atoms with Crippen LogP contribution < -0.4 is 10.6 Å². The molecule has 0 bridgehead atoms. The van der Waals surface area contributed by atoms with E-state index >= 15 is 0 Å². The van der Waals surface area contributed by atoms with Gasteiger partial charge in [-0.25, -0.2) is 0 Å². The van der Waals surface area contributed by atoms with Gasteiger partial charge in [0.15, 0.2) is 5.96 Å². The highest BCUT2D eigenvalue weighted by Crippen LogP contribution is 2.41. The van der Waals surface area contributed by atoms with Gasteiger partial charge in [-0.1, -0.05) is 23.7 Å². The summed E-state index contributed by atoms with van der Waals surface area (Å²) in [7, 11) is 1.86. The second kappa shape index (κ2) is 7.75. The number of hydrogen-bond donors (Lipinski definition) is 2. The number of benzene rings is 1. The van der Waals surface area contributed by atoms with Crippen molar-refractivity contribution in [1.82, 2.24) is 15.5 Å². The van der Waals surface area contributed by atoms with Crippen LogP contribution in [0.3, 0.4) is 0 Å². The molecule has 24 heavy (non-hydrogen) atoms. The van der Waals surface area contributed by atoms with Crippen LogP contribution in [0.1, 0.15) is 44.6 Å². The minimum atomic E-state index is 0.463. The van der Waals surface area contributed by atoms with Gasteiger partial charge in [0.05, 0.1) is 0 Å². The Morgan fingerprint density at radius 2 is 2.00 bits per heavy atom. The van der Waals surface area contributed by atoms with Crippen molar-refractivity contribution in [2.45, 2.75) is 57.2 Å². The summed E-state index contributed by atoms with van der Waals surface area (Å²) in [5, 5.41) is 8.00. The molecular weight excluding hydrogens is 320 g/mol. The topological polar surface area (TPSA) is 39.7 Å². The first kappa shape index (κ1) is 17.6. The van der Waals surface area contributed by atoms with E-state index in [4.69, 9.17) is 11.6 Å². The van der Waals surface area contributed by atoms with Crippen LogP contribution in [0.15, 0.2) is 29.3 Å². The smallest absolute Gasteiger partial charge is 0.191 e. The van der Waals surface area contributed by atoms with E-state index in [0.29, 0.717) is 24.0 Å². The SMILES string of the molecule is CN=C(NC1CCN(C(C)C)CC1)NC1CC1c1cccc(Cl)c1. The molecule has 2 unspecified atom stereocenters. The Balaban J connectivity index is 1.47. The number of guanidine groups is 1. The molecule has 1 saturated heterocycles. The number of piperidine rings is 1. The summed E-state index contributed by atoms with van der Waals surface area (Å²) in [6.07, 6.45) is 3.51. The van der Waals surface area contributed by atoms with E-state index in [2.05, 4.69) is 46.5 Å². The van der Waals surface area contributed by atoms with Crippen LogP contribution in [0.25, 0.3) is 0 Å². The number of nitrogens with zero attached hydrogens (tertiary/aromatic N) is 2. The third-order valence-electron chi connectivity index (χ3n) is 5.21. The first-order chi connectivity index (χ1) is 11.6. The fourth-order valence-electron chi connectivity index (χ4n) is 3.56. The Hall–Kier alpha value is -1.26. The van der Waals surface area contributed by atoms with Crippen molar-refractivity contribution in [3.63, 3.8) is 0 Å². The van der Waals surface area contributed by atoms with Crippen molar-refractivity contribution in [2.75, 3.05) is 20.1 Å². The lowest BCUT2D eigenvalue weighted by atomic mass is 10.0. The predicted molar refractivity (Wildman–Crippen MR) is 102 cm³/mol. The van der Waals surface area contributed by atoms with E-state index in [-0.39, 0.29) is 0 Å². The van der Waals surface area contributed by atoms with Crippen molar-refractivity contribution in [3.05, 3.63) is 34.9 Å². The lowest BCUT2D eigenvalue weighted by molar-refractivity contribution is 0.167. The molecule has 1 saturated carbocycles. The molecule has 1 heterocycles. The maximum Gasteiger partial charge on any atom is 0.191 e. The van der Waals surface area contributed by atoms with Crippen LogP contribution in [0.2, 0.25) is 5.02 Å². The van der Waals surface area contributed by atoms with Crippen LogP contribution in [0, 0.1) is 0 Å². The molecular formula is C19H29ClN4. The Bertz CT molecular complexity index is 578. The largest absolute Gasteiger partial charge is 0.354 e. The van der Waals surface area contributed by atoms with Crippen molar-refractivity contribution in [3.8, 4) is 0 Å². The first-order valence-electron chi connectivity index (χ1n) is 9.06. The zero-order chi connectivity index (χ0) is 17.1. The third kappa shape index (κ3) is 4.42. The highest BCUT2D eigenvalue weighted by atomic mass is 35.5. The molecule has 0 aromatic heterocycles. The quantitative estimate of drug-likeness (QED) is 0.648. The molecule has 5 heteroatoms. The number of likely N-dealkylation sites (tertiary alicyclic amines) is 1. The Labute approximate surface area is 150 Å². The molecule has 2 aliphatic rings. The normalized spacial score (nSPS) is 25.8. The molecule has 4 nitrogen and oxygen atoms in total. The molecule has 2 fully saturated rings. The lowest BCUT2D eigenvalue weighted by Crippen LogP contribution is -2.50. The maximum atomic E-state index is 6.10. The summed E-state index contributed by atoms with van der Waals surface area (Å²) in [5.41, 5.74) is 1.32. The number of halogens is 1. The van der Waals surface area contributed by atoms with Gasteiger partial charge in [-0.3, -0.25) is 4.99 Å². The Morgan fingerprint density at radius 3 is 2.62 bits per heavy atom. The molecule has 2 N–H and O–H groups in total. The maximum absolute atomic E-state index is 6.10. The second-order valence-corrected chi connectivity index (χ2v) is 7.71. The van der Waals surface area contributed by atoms with Crippen molar-refractivity contribution >= 4 is 17.6 Å². The Kier molecular flexibility index (Phi) is 5.67. The summed E-state index contributed by atoms with van der Waals surface area (Å²) in [6.45, 7) is 6.89. The zero-order valence-corrected chi connectivity index (χ0v) is 15.7. The Morgan fingerprint density at radius 1 is 1.25 bits per heavy atom. The van der Waals surface area contributed by atoms with Crippen LogP contribution in [-0.2, 0) is 0 Å². The van der Waals surface area contributed by atoms with Crippen molar-refractivity contribution < 1.29 is 0 Å². The molecule has 1 aliphatic heterocycles. The molecule has 0 amide bonds. The zero-order valence-electron chi connectivity index (χ0n) is 14.9. The fraction of sp³-hybridized carbons (Fsp3) is 0.632. The monoisotopic (exact) mass is 348 g/mol. The van der Waals surface area contributed by atoms with Gasteiger partial charge >= 0.3 is 0 Å². The molecule has 0 spiro atoms. The van der Waals surface area contributed by atoms with Gasteiger partial charge in [0.2, 0.25) is 0 Å². The van der Waals surface area contributed by atoms with Gasteiger partial charge in [0.1, 0.15) is 0 Å². The summed E-state index contributed by atoms with van der Waals surface area (Å²) in [6, 6.07) is 9.83. The van der Waals surface area contributed by atoms with Gasteiger partial charge in [-0.05, 0) is 50.8 Å². The highest BCUT2D eigenvalue weighted by molar-refractivity contribution is 6.30. The number of rotatable bonds is 4. The minimum Gasteiger partial charge on any atom is -0.354 e. The van der Waals surface area contributed by atoms with Crippen molar-refractivity contribution in [1.29, 1.82) is 0 Å². The van der Waals surface area contributed by atoms with Crippen LogP contribution in [0.5, 0.6) is 0 Å². The van der Waals surface area contributed by atoms with Crippen LogP contribution >= 0.6 is 11.6 Å². The van der Waals surface area contributed by atoms with Gasteiger partial charge in [-0.15, -0.1) is 0 Å². The molecule has 132 valence electrons. The molecule has 1 aliphatic carbocycles. The van der Waals surface area contributed by atoms with E-state index in [0.717, 1.165) is 17.4 Å². The summed E-state index contributed by atoms with van der Waals surface area (Å²) >= 11 is 6.10. The number of nitrogens with one attached hydrogen (secondary N) is 2. The molecule has 0 radical (unpaired) electrons. The average molecular weight is 349 g/mol. The standard InChI is InChI=1S/C19H29ClN4/c1-13(2)24-9-7-16(8-10-24)22-19(21-3)23-18-12-17(18)14-5-4-6-15(20)11-14/h4-6,11,13,16-18H,7-10,12H2,1-3H3,(H2,21,22,23). The molecule has 3 rings (SSSR count). The fourth-order valence-corrected chi connectivity index (χ4v) is 3.76. The van der Waals surface area contributed by atoms with Crippen LogP contribution in [-0.4, -0.2) is 49.1 Å². The highest BCUT2D eigenvalue weighted by Gasteiger charge is 2.39. The lowest BCUT2D eigenvalue weighted by Gasteiger charge is -2.35. The van der Waals surface area contributed by atoms with E-state index in [1.165, 1.54) is 31.5 Å². The van der Waals surface area contributed by atoms with E-state index < -0.39 is 0 Å². The van der Waals surface area contributed by atoms with E-state index in [1.54, 1.807) is 0 Å². The number of aliphatic imine (C=N–C) groups is 1. The first-order valence-corrected chi connectivity index (χ1v) is 9.44. The predicted octanol–water partition coefficient (Wildman–Crippen LogP) is 3.23. The molecule has 2 atom stereocenters. The number of hydrogen-bond acceptors (Lipinski definition) is 2. The van der Waals surface area contributed by atoms with Gasteiger partial charge in [0.25, 0.3) is 0 Å². The minimum absolute atomic E-state index is 0.463. The average Bonchev–Trinajstić information content (AvgIpc) is 3.34. The molecule has 1 aromatic carbocycles. The third-order valence-corrected chi connectivity index (χ3v) is 5.45. The van der Waals surface area contributed by atoms with Gasteiger partial charge in [0, 0.05) is 49.2 Å². The summed E-state index contributed by atoms with van der Waals surface area (Å²) in [5.74, 6) is 1.48. The second-order valence-electron chi connectivity index (χ2n) is 7.27. The summed E-state index contributed by atoms with van der Waals surface area (Å²) in [4.78, 5) is 6.96.